The summed E-state index contributed by atoms with van der Waals surface area (Å²) < 4.78 is 5.59. The lowest BCUT2D eigenvalue weighted by atomic mass is 10.2. The minimum absolute atomic E-state index is 0.0935. The molecule has 0 radical (unpaired) electrons. The van der Waals surface area contributed by atoms with E-state index in [1.807, 2.05) is 61.5 Å². The molecule has 5 heteroatoms. The summed E-state index contributed by atoms with van der Waals surface area (Å²) in [6, 6.07) is 17.1. The van der Waals surface area contributed by atoms with Gasteiger partial charge in [-0.25, -0.2) is 0 Å². The van der Waals surface area contributed by atoms with Gasteiger partial charge in [0.25, 0.3) is 0 Å². The molecular weight excluding hydrogens is 316 g/mol. The van der Waals surface area contributed by atoms with Crippen molar-refractivity contribution >= 4 is 17.5 Å². The van der Waals surface area contributed by atoms with Crippen LogP contribution in [0.2, 0.25) is 0 Å². The number of rotatable bonds is 8. The number of carbonyl (C=O) groups is 2. The van der Waals surface area contributed by atoms with E-state index < -0.39 is 0 Å². The van der Waals surface area contributed by atoms with Crippen LogP contribution in [0.15, 0.2) is 54.6 Å². The number of para-hydroxylation sites is 2. The highest BCUT2D eigenvalue weighted by Crippen LogP contribution is 2.28. The zero-order chi connectivity index (χ0) is 18.1. The molecule has 2 aromatic rings. The van der Waals surface area contributed by atoms with Gasteiger partial charge in [-0.05, 0) is 24.6 Å². The summed E-state index contributed by atoms with van der Waals surface area (Å²) in [6.45, 7) is 4.69. The van der Waals surface area contributed by atoms with Crippen molar-refractivity contribution in [3.63, 3.8) is 0 Å². The molecule has 1 N–H and O–H groups in total. The first-order chi connectivity index (χ1) is 12.1. The third kappa shape index (κ3) is 5.64. The van der Waals surface area contributed by atoms with Crippen LogP contribution < -0.4 is 15.0 Å². The van der Waals surface area contributed by atoms with Crippen molar-refractivity contribution in [3.05, 3.63) is 60.2 Å². The maximum atomic E-state index is 12.1. The Labute approximate surface area is 148 Å². The number of hydrogen-bond donors (Lipinski definition) is 1. The smallest absolute Gasteiger partial charge is 0.223 e. The second-order valence-corrected chi connectivity index (χ2v) is 5.58. The first-order valence-electron chi connectivity index (χ1n) is 8.42. The summed E-state index contributed by atoms with van der Waals surface area (Å²) in [7, 11) is 0. The van der Waals surface area contributed by atoms with Crippen molar-refractivity contribution in [3.8, 4) is 5.75 Å². The van der Waals surface area contributed by atoms with Gasteiger partial charge < -0.3 is 15.0 Å². The van der Waals surface area contributed by atoms with Gasteiger partial charge in [-0.2, -0.15) is 0 Å². The van der Waals surface area contributed by atoms with E-state index in [0.29, 0.717) is 31.1 Å². The van der Waals surface area contributed by atoms with Crippen molar-refractivity contribution in [2.24, 2.45) is 0 Å². The number of hydrogen-bond acceptors (Lipinski definition) is 3. The molecule has 0 aromatic heterocycles. The van der Waals surface area contributed by atoms with Gasteiger partial charge in [0.1, 0.15) is 5.75 Å². The van der Waals surface area contributed by atoms with Crippen LogP contribution in [0.4, 0.5) is 5.69 Å². The maximum Gasteiger partial charge on any atom is 0.223 e. The molecule has 0 spiro atoms. The summed E-state index contributed by atoms with van der Waals surface area (Å²) >= 11 is 0. The minimum atomic E-state index is -0.122. The fourth-order valence-electron chi connectivity index (χ4n) is 2.50. The Kier molecular flexibility index (Phi) is 7.01. The van der Waals surface area contributed by atoms with E-state index in [4.69, 9.17) is 4.74 Å². The Morgan fingerprint density at radius 1 is 1.04 bits per heavy atom. The van der Waals surface area contributed by atoms with Gasteiger partial charge in [-0.15, -0.1) is 0 Å². The molecule has 0 aliphatic carbocycles. The number of benzene rings is 2. The Hall–Kier alpha value is -2.82. The molecule has 0 bridgehead atoms. The lowest BCUT2D eigenvalue weighted by Crippen LogP contribution is -2.34. The number of amides is 2. The number of carbonyl (C=O) groups excluding carboxylic acids is 2. The third-order valence-electron chi connectivity index (χ3n) is 3.73. The van der Waals surface area contributed by atoms with Crippen LogP contribution in [0, 0.1) is 0 Å². The Morgan fingerprint density at radius 3 is 2.40 bits per heavy atom. The highest BCUT2D eigenvalue weighted by molar-refractivity contribution is 5.93. The van der Waals surface area contributed by atoms with E-state index in [0.717, 1.165) is 5.56 Å². The van der Waals surface area contributed by atoms with E-state index >= 15 is 0 Å². The van der Waals surface area contributed by atoms with Crippen LogP contribution in [-0.4, -0.2) is 25.0 Å². The predicted molar refractivity (Wildman–Crippen MR) is 98.5 cm³/mol. The first-order valence-corrected chi connectivity index (χ1v) is 8.42. The quantitative estimate of drug-likeness (QED) is 0.803. The topological polar surface area (TPSA) is 58.6 Å². The first kappa shape index (κ1) is 18.5. The molecule has 132 valence electrons. The largest absolute Gasteiger partial charge is 0.492 e. The van der Waals surface area contributed by atoms with Gasteiger partial charge in [-0.1, -0.05) is 42.5 Å². The van der Waals surface area contributed by atoms with Gasteiger partial charge in [-0.3, -0.25) is 9.59 Å². The number of ether oxygens (including phenoxy) is 1. The molecule has 5 nitrogen and oxygen atoms in total. The summed E-state index contributed by atoms with van der Waals surface area (Å²) in [5.74, 6) is 0.428. The zero-order valence-electron chi connectivity index (χ0n) is 14.7. The van der Waals surface area contributed by atoms with Crippen LogP contribution in [-0.2, 0) is 16.1 Å². The lowest BCUT2D eigenvalue weighted by molar-refractivity contribution is -0.121. The molecule has 0 atom stereocenters. The van der Waals surface area contributed by atoms with Gasteiger partial charge in [0.05, 0.1) is 12.3 Å². The second kappa shape index (κ2) is 9.47. The van der Waals surface area contributed by atoms with Gasteiger partial charge in [0.2, 0.25) is 11.8 Å². The summed E-state index contributed by atoms with van der Waals surface area (Å²) in [5.41, 5.74) is 1.73. The fourth-order valence-corrected chi connectivity index (χ4v) is 2.50. The average molecular weight is 340 g/mol. The van der Waals surface area contributed by atoms with Crippen molar-refractivity contribution in [2.75, 3.05) is 18.1 Å². The van der Waals surface area contributed by atoms with Crippen LogP contribution in [0.3, 0.4) is 0 Å². The molecule has 2 rings (SSSR count). The normalized spacial score (nSPS) is 10.2. The van der Waals surface area contributed by atoms with Crippen LogP contribution in [0.1, 0.15) is 25.8 Å². The molecule has 0 aliphatic rings. The van der Waals surface area contributed by atoms with Crippen molar-refractivity contribution in [1.82, 2.24) is 5.32 Å². The highest BCUT2D eigenvalue weighted by Gasteiger charge is 2.17. The summed E-state index contributed by atoms with van der Waals surface area (Å²) in [5, 5.41) is 2.88. The molecule has 0 saturated carbocycles. The van der Waals surface area contributed by atoms with Gasteiger partial charge in [0, 0.05) is 26.4 Å². The van der Waals surface area contributed by atoms with Crippen molar-refractivity contribution in [2.45, 2.75) is 26.8 Å². The molecular formula is C20H24N2O3. The van der Waals surface area contributed by atoms with Crippen molar-refractivity contribution in [1.29, 1.82) is 0 Å². The molecule has 0 saturated heterocycles. The number of nitrogens with zero attached hydrogens (tertiary/aromatic N) is 1. The van der Waals surface area contributed by atoms with E-state index in [-0.39, 0.29) is 18.2 Å². The molecule has 0 heterocycles. The standard InChI is InChI=1S/C20H24N2O3/c1-3-25-19-12-8-7-11-18(19)22(16(2)23)14-13-20(24)21-15-17-9-5-4-6-10-17/h4-12H,3,13-15H2,1-2H3,(H,21,24). The lowest BCUT2D eigenvalue weighted by Gasteiger charge is -2.23. The van der Waals surface area contributed by atoms with Crippen LogP contribution in [0.25, 0.3) is 0 Å². The SMILES string of the molecule is CCOc1ccccc1N(CCC(=O)NCc1ccccc1)C(C)=O. The molecule has 0 unspecified atom stereocenters. The predicted octanol–water partition coefficient (Wildman–Crippen LogP) is 3.14. The van der Waals surface area contributed by atoms with Crippen LogP contribution >= 0.6 is 0 Å². The van der Waals surface area contributed by atoms with E-state index in [2.05, 4.69) is 5.32 Å². The van der Waals surface area contributed by atoms with E-state index in [1.165, 1.54) is 6.92 Å². The van der Waals surface area contributed by atoms with E-state index in [1.54, 1.807) is 4.90 Å². The van der Waals surface area contributed by atoms with Crippen LogP contribution in [0.5, 0.6) is 5.75 Å². The molecule has 2 amide bonds. The highest BCUT2D eigenvalue weighted by atomic mass is 16.5. The zero-order valence-corrected chi connectivity index (χ0v) is 14.7. The third-order valence-corrected chi connectivity index (χ3v) is 3.73. The monoisotopic (exact) mass is 340 g/mol. The second-order valence-electron chi connectivity index (χ2n) is 5.58. The molecule has 0 fully saturated rings. The summed E-state index contributed by atoms with van der Waals surface area (Å²) in [4.78, 5) is 25.7. The van der Waals surface area contributed by atoms with Gasteiger partial charge >= 0.3 is 0 Å². The maximum absolute atomic E-state index is 12.1. The minimum Gasteiger partial charge on any atom is -0.492 e. The Bertz CT molecular complexity index is 701. The molecule has 25 heavy (non-hydrogen) atoms. The Morgan fingerprint density at radius 2 is 1.72 bits per heavy atom. The molecule has 2 aromatic carbocycles. The number of anilines is 1. The number of nitrogens with one attached hydrogen (secondary N) is 1. The fraction of sp³-hybridized carbons (Fsp3) is 0.300. The Balaban J connectivity index is 1.96. The van der Waals surface area contributed by atoms with Gasteiger partial charge in [0.15, 0.2) is 0 Å². The van der Waals surface area contributed by atoms with E-state index in [9.17, 15) is 9.59 Å². The van der Waals surface area contributed by atoms with Crippen molar-refractivity contribution < 1.29 is 14.3 Å². The average Bonchev–Trinajstić information content (AvgIpc) is 2.62. The molecule has 0 aliphatic heterocycles. The summed E-state index contributed by atoms with van der Waals surface area (Å²) in [6.07, 6.45) is 0.229.